The predicted molar refractivity (Wildman–Crippen MR) is 149 cm³/mol. The van der Waals surface area contributed by atoms with Crippen LogP contribution in [0.4, 0.5) is 11.1 Å². The molecule has 2 aromatic heterocycles. The fraction of sp³-hybridized carbons (Fsp3) is 0.538. The third-order valence-corrected chi connectivity index (χ3v) is 8.99. The Hall–Kier alpha value is -2.43. The second kappa shape index (κ2) is 10.9. The molecule has 36 heavy (non-hydrogen) atoms. The monoisotopic (exact) mass is 525 g/mol. The van der Waals surface area contributed by atoms with Gasteiger partial charge in [-0.1, -0.05) is 11.3 Å². The van der Waals surface area contributed by atoms with E-state index in [1.807, 2.05) is 41.7 Å². The molecule has 3 aromatic rings. The number of benzene rings is 1. The number of hydrogen-bond donors (Lipinski definition) is 2. The first-order chi connectivity index (χ1) is 17.4. The van der Waals surface area contributed by atoms with Gasteiger partial charge in [0.25, 0.3) is 5.91 Å². The fourth-order valence-electron chi connectivity index (χ4n) is 4.99. The third-order valence-electron chi connectivity index (χ3n) is 7.33. The number of nitrogens with zero attached hydrogens (tertiary/aromatic N) is 5. The zero-order valence-electron chi connectivity index (χ0n) is 21.3. The van der Waals surface area contributed by atoms with Crippen molar-refractivity contribution in [3.8, 4) is 0 Å². The van der Waals surface area contributed by atoms with Gasteiger partial charge >= 0.3 is 0 Å². The third kappa shape index (κ3) is 5.60. The van der Waals surface area contributed by atoms with Crippen molar-refractivity contribution in [3.63, 3.8) is 0 Å². The first kappa shape index (κ1) is 25.2. The molecule has 0 unspecified atom stereocenters. The zero-order chi connectivity index (χ0) is 25.1. The van der Waals surface area contributed by atoms with Gasteiger partial charge in [-0.15, -0.1) is 11.8 Å². The average molecular weight is 526 g/mol. The molecule has 4 heterocycles. The number of thioether (sulfide) groups is 1. The molecule has 2 N–H and O–H groups in total. The Bertz CT molecular complexity index is 1180. The van der Waals surface area contributed by atoms with Crippen molar-refractivity contribution in [2.24, 2.45) is 5.41 Å². The highest BCUT2D eigenvalue weighted by Crippen LogP contribution is 2.41. The van der Waals surface area contributed by atoms with Crippen molar-refractivity contribution >= 4 is 50.3 Å². The van der Waals surface area contributed by atoms with E-state index in [0.29, 0.717) is 17.4 Å². The maximum atomic E-state index is 13.2. The van der Waals surface area contributed by atoms with E-state index in [9.17, 15) is 4.79 Å². The highest BCUT2D eigenvalue weighted by molar-refractivity contribution is 7.98. The van der Waals surface area contributed by atoms with Crippen molar-refractivity contribution < 1.29 is 4.79 Å². The SMILES string of the molecule is CSc1cnc(NCCCNc2nc3ccc(C(=O)N4CCC5(CC4)CN(C(C)C)C5)cc3s2)nc1. The van der Waals surface area contributed by atoms with E-state index in [1.165, 1.54) is 13.1 Å². The number of likely N-dealkylation sites (tertiary alicyclic amines) is 2. The van der Waals surface area contributed by atoms with E-state index in [1.54, 1.807) is 23.1 Å². The van der Waals surface area contributed by atoms with Crippen molar-refractivity contribution in [3.05, 3.63) is 36.2 Å². The van der Waals surface area contributed by atoms with Crippen LogP contribution in [0.3, 0.4) is 0 Å². The Morgan fingerprint density at radius 3 is 2.56 bits per heavy atom. The predicted octanol–water partition coefficient (Wildman–Crippen LogP) is 4.67. The number of hydrogen-bond acceptors (Lipinski definition) is 9. The molecule has 0 aliphatic carbocycles. The number of thiazole rings is 1. The Labute approximate surface area is 221 Å². The minimum atomic E-state index is 0.147. The first-order valence-corrected chi connectivity index (χ1v) is 14.8. The molecule has 0 saturated carbocycles. The second-order valence-corrected chi connectivity index (χ2v) is 12.1. The Kier molecular flexibility index (Phi) is 7.64. The summed E-state index contributed by atoms with van der Waals surface area (Å²) in [5.74, 6) is 0.799. The van der Waals surface area contributed by atoms with Gasteiger partial charge in [-0.2, -0.15) is 0 Å². The number of piperidine rings is 1. The van der Waals surface area contributed by atoms with Gasteiger partial charge in [0.2, 0.25) is 5.95 Å². The van der Waals surface area contributed by atoms with E-state index in [0.717, 1.165) is 71.2 Å². The van der Waals surface area contributed by atoms with Crippen LogP contribution < -0.4 is 10.6 Å². The molecule has 1 amide bonds. The van der Waals surface area contributed by atoms with Crippen LogP contribution in [-0.2, 0) is 0 Å². The minimum Gasteiger partial charge on any atom is -0.361 e. The standard InChI is InChI=1S/C26H35N7OS2/c1-18(2)33-16-26(17-33)7-11-32(12-8-26)23(34)19-5-6-21-22(13-19)36-25(31-21)28-10-4-9-27-24-29-14-20(35-3)15-30-24/h5-6,13-15,18H,4,7-12,16-17H2,1-3H3,(H,28,31)(H,27,29,30). The average Bonchev–Trinajstić information content (AvgIpc) is 3.29. The number of fused-ring (bicyclic) bond motifs is 1. The minimum absolute atomic E-state index is 0.147. The van der Waals surface area contributed by atoms with Gasteiger partial charge in [-0.05, 0) is 63.0 Å². The molecule has 10 heteroatoms. The smallest absolute Gasteiger partial charge is 0.253 e. The van der Waals surface area contributed by atoms with Crippen molar-refractivity contribution in [2.75, 3.05) is 56.2 Å². The molecule has 2 saturated heterocycles. The quantitative estimate of drug-likeness (QED) is 0.308. The Morgan fingerprint density at radius 2 is 1.86 bits per heavy atom. The molecule has 2 aliphatic rings. The van der Waals surface area contributed by atoms with Crippen LogP contribution in [0.2, 0.25) is 0 Å². The second-order valence-electron chi connectivity index (χ2n) is 10.1. The number of carbonyl (C=O) groups is 1. The normalized spacial score (nSPS) is 17.5. The summed E-state index contributed by atoms with van der Waals surface area (Å²) in [4.78, 5) is 32.1. The van der Waals surface area contributed by atoms with Crippen LogP contribution >= 0.6 is 23.1 Å². The van der Waals surface area contributed by atoms with Gasteiger partial charge in [0, 0.05) is 68.2 Å². The number of rotatable bonds is 9. The van der Waals surface area contributed by atoms with Crippen molar-refractivity contribution in [1.82, 2.24) is 24.8 Å². The van der Waals surface area contributed by atoms with E-state index in [2.05, 4.69) is 44.3 Å². The van der Waals surface area contributed by atoms with Crippen molar-refractivity contribution in [1.29, 1.82) is 0 Å². The van der Waals surface area contributed by atoms with Crippen LogP contribution in [-0.4, -0.2) is 82.2 Å². The topological polar surface area (TPSA) is 86.3 Å². The molecule has 0 radical (unpaired) electrons. The highest BCUT2D eigenvalue weighted by Gasteiger charge is 2.45. The van der Waals surface area contributed by atoms with E-state index < -0.39 is 0 Å². The van der Waals surface area contributed by atoms with Crippen LogP contribution in [0, 0.1) is 5.41 Å². The molecule has 0 atom stereocenters. The summed E-state index contributed by atoms with van der Waals surface area (Å²) >= 11 is 3.23. The molecule has 1 spiro atoms. The van der Waals surface area contributed by atoms with Crippen LogP contribution in [0.1, 0.15) is 43.5 Å². The number of anilines is 2. The van der Waals surface area contributed by atoms with E-state index in [4.69, 9.17) is 0 Å². The molecule has 2 aliphatic heterocycles. The molecule has 1 aromatic carbocycles. The van der Waals surface area contributed by atoms with Crippen LogP contribution in [0.25, 0.3) is 10.2 Å². The fourth-order valence-corrected chi connectivity index (χ4v) is 6.24. The molecule has 8 nitrogen and oxygen atoms in total. The molecule has 2 fully saturated rings. The summed E-state index contributed by atoms with van der Waals surface area (Å²) in [6.07, 6.45) is 8.81. The largest absolute Gasteiger partial charge is 0.361 e. The molecule has 0 bridgehead atoms. The number of carbonyl (C=O) groups excluding carboxylic acids is 1. The molecule has 5 rings (SSSR count). The lowest BCUT2D eigenvalue weighted by Gasteiger charge is -2.55. The highest BCUT2D eigenvalue weighted by atomic mass is 32.2. The van der Waals surface area contributed by atoms with Gasteiger partial charge in [0.1, 0.15) is 0 Å². The summed E-state index contributed by atoms with van der Waals surface area (Å²) in [5.41, 5.74) is 2.13. The number of amides is 1. The molecular weight excluding hydrogens is 490 g/mol. The van der Waals surface area contributed by atoms with Gasteiger partial charge in [0.05, 0.1) is 10.2 Å². The van der Waals surface area contributed by atoms with Crippen LogP contribution in [0.5, 0.6) is 0 Å². The van der Waals surface area contributed by atoms with Crippen molar-refractivity contribution in [2.45, 2.75) is 44.0 Å². The summed E-state index contributed by atoms with van der Waals surface area (Å²) < 4.78 is 1.05. The summed E-state index contributed by atoms with van der Waals surface area (Å²) in [7, 11) is 0. The number of nitrogens with one attached hydrogen (secondary N) is 2. The zero-order valence-corrected chi connectivity index (χ0v) is 22.9. The van der Waals surface area contributed by atoms with Gasteiger partial charge in [0.15, 0.2) is 5.13 Å². The van der Waals surface area contributed by atoms with Gasteiger partial charge in [-0.3, -0.25) is 9.69 Å². The lowest BCUT2D eigenvalue weighted by molar-refractivity contribution is -0.0578. The summed E-state index contributed by atoms with van der Waals surface area (Å²) in [6.45, 7) is 10.2. The van der Waals surface area contributed by atoms with E-state index in [-0.39, 0.29) is 5.91 Å². The first-order valence-electron chi connectivity index (χ1n) is 12.7. The summed E-state index contributed by atoms with van der Waals surface area (Å²) in [5, 5.41) is 7.54. The molecule has 192 valence electrons. The maximum absolute atomic E-state index is 13.2. The number of aromatic nitrogens is 3. The van der Waals surface area contributed by atoms with Gasteiger partial charge < -0.3 is 15.5 Å². The van der Waals surface area contributed by atoms with Crippen LogP contribution in [0.15, 0.2) is 35.5 Å². The summed E-state index contributed by atoms with van der Waals surface area (Å²) in [6, 6.07) is 6.52. The lowest BCUT2D eigenvalue weighted by Crippen LogP contribution is -2.62. The Balaban J connectivity index is 1.09. The lowest BCUT2D eigenvalue weighted by atomic mass is 9.71. The Morgan fingerprint density at radius 1 is 1.14 bits per heavy atom. The van der Waals surface area contributed by atoms with Gasteiger partial charge in [-0.25, -0.2) is 15.0 Å². The molecular formula is C26H35N7OS2. The van der Waals surface area contributed by atoms with E-state index >= 15 is 0 Å². The maximum Gasteiger partial charge on any atom is 0.253 e.